The van der Waals surface area contributed by atoms with Gasteiger partial charge in [0.15, 0.2) is 0 Å². The smallest absolute Gasteiger partial charge is 0.243 e. The largest absolute Gasteiger partial charge is 0.494 e. The van der Waals surface area contributed by atoms with Gasteiger partial charge in [0.05, 0.1) is 17.7 Å². The van der Waals surface area contributed by atoms with E-state index in [9.17, 15) is 18.0 Å². The molecule has 2 aliphatic heterocycles. The molecule has 0 aliphatic carbocycles. The third kappa shape index (κ3) is 5.20. The Bertz CT molecular complexity index is 1130. The number of amides is 2. The second-order valence-corrected chi connectivity index (χ2v) is 10.3. The number of sulfonamides is 1. The summed E-state index contributed by atoms with van der Waals surface area (Å²) in [6.45, 7) is 1.81. The zero-order valence-electron chi connectivity index (χ0n) is 18.7. The van der Waals surface area contributed by atoms with Gasteiger partial charge in [-0.05, 0) is 55.5 Å². The maximum atomic E-state index is 12.6. The Kier molecular flexibility index (Phi) is 6.99. The Labute approximate surface area is 194 Å². The number of ether oxygens (including phenoxy) is 1. The van der Waals surface area contributed by atoms with Crippen molar-refractivity contribution in [3.63, 3.8) is 0 Å². The van der Waals surface area contributed by atoms with Gasteiger partial charge in [0.2, 0.25) is 21.8 Å². The van der Waals surface area contributed by atoms with Crippen molar-refractivity contribution >= 4 is 33.2 Å². The average molecular weight is 472 g/mol. The monoisotopic (exact) mass is 471 g/mol. The van der Waals surface area contributed by atoms with E-state index in [0.29, 0.717) is 54.5 Å². The van der Waals surface area contributed by atoms with Gasteiger partial charge in [0, 0.05) is 44.2 Å². The predicted octanol–water partition coefficient (Wildman–Crippen LogP) is 3.18. The molecule has 0 atom stereocenters. The fraction of sp³-hybridized carbons (Fsp3) is 0.417. The standard InChI is InChI=1S/C24H29N3O5S/c1-32-22-17-19(9-12-21(22)27-16-4-5-24(27)29)25-23(28)13-8-18-6-10-20(11-7-18)33(30,31)26-14-2-3-15-26/h6-7,9-12,17H,2-5,8,13-16H2,1H3,(H,25,28). The molecule has 0 radical (unpaired) electrons. The number of nitrogens with one attached hydrogen (secondary N) is 1. The third-order valence-corrected chi connectivity index (χ3v) is 8.01. The maximum Gasteiger partial charge on any atom is 0.243 e. The number of anilines is 2. The Morgan fingerprint density at radius 2 is 1.76 bits per heavy atom. The molecule has 2 heterocycles. The minimum Gasteiger partial charge on any atom is -0.494 e. The normalized spacial score (nSPS) is 16.9. The van der Waals surface area contributed by atoms with Crippen LogP contribution in [-0.4, -0.2) is 51.3 Å². The van der Waals surface area contributed by atoms with Gasteiger partial charge >= 0.3 is 0 Å². The minimum atomic E-state index is -3.43. The predicted molar refractivity (Wildman–Crippen MR) is 126 cm³/mol. The van der Waals surface area contributed by atoms with E-state index in [4.69, 9.17) is 4.74 Å². The van der Waals surface area contributed by atoms with Crippen molar-refractivity contribution in [2.75, 3.05) is 37.0 Å². The van der Waals surface area contributed by atoms with Gasteiger partial charge in [-0.2, -0.15) is 4.31 Å². The van der Waals surface area contributed by atoms with E-state index in [1.165, 1.54) is 4.31 Å². The summed E-state index contributed by atoms with van der Waals surface area (Å²) in [5.74, 6) is 0.456. The van der Waals surface area contributed by atoms with E-state index >= 15 is 0 Å². The van der Waals surface area contributed by atoms with Crippen molar-refractivity contribution in [1.82, 2.24) is 4.31 Å². The number of hydrogen-bond donors (Lipinski definition) is 1. The zero-order valence-corrected chi connectivity index (χ0v) is 19.6. The van der Waals surface area contributed by atoms with Crippen LogP contribution < -0.4 is 15.0 Å². The SMILES string of the molecule is COc1cc(NC(=O)CCc2ccc(S(=O)(=O)N3CCCC3)cc2)ccc1N1CCCC1=O. The van der Waals surface area contributed by atoms with Gasteiger partial charge in [0.25, 0.3) is 0 Å². The van der Waals surface area contributed by atoms with E-state index < -0.39 is 10.0 Å². The number of rotatable bonds is 8. The summed E-state index contributed by atoms with van der Waals surface area (Å²) >= 11 is 0. The van der Waals surface area contributed by atoms with Crippen LogP contribution in [0.1, 0.15) is 37.7 Å². The van der Waals surface area contributed by atoms with Gasteiger partial charge in [0.1, 0.15) is 5.75 Å². The van der Waals surface area contributed by atoms with E-state index in [1.54, 1.807) is 54.5 Å². The van der Waals surface area contributed by atoms with Crippen molar-refractivity contribution in [2.24, 2.45) is 0 Å². The molecule has 176 valence electrons. The number of benzene rings is 2. The Balaban J connectivity index is 1.34. The molecule has 2 aliphatic rings. The number of carbonyl (C=O) groups excluding carboxylic acids is 2. The lowest BCUT2D eigenvalue weighted by Gasteiger charge is -2.19. The molecule has 2 fully saturated rings. The molecule has 2 amide bonds. The summed E-state index contributed by atoms with van der Waals surface area (Å²) in [6.07, 6.45) is 3.91. The minimum absolute atomic E-state index is 0.0735. The third-order valence-electron chi connectivity index (χ3n) is 6.09. The first-order valence-corrected chi connectivity index (χ1v) is 12.7. The summed E-state index contributed by atoms with van der Waals surface area (Å²) in [5, 5.41) is 2.86. The summed E-state index contributed by atoms with van der Waals surface area (Å²) in [6, 6.07) is 12.0. The van der Waals surface area contributed by atoms with Gasteiger partial charge in [-0.3, -0.25) is 9.59 Å². The van der Waals surface area contributed by atoms with Crippen LogP contribution in [0, 0.1) is 0 Å². The van der Waals surface area contributed by atoms with Crippen LogP contribution in [-0.2, 0) is 26.0 Å². The summed E-state index contributed by atoms with van der Waals surface area (Å²) < 4.78 is 32.2. The molecule has 0 aromatic heterocycles. The molecule has 2 aromatic carbocycles. The van der Waals surface area contributed by atoms with E-state index in [0.717, 1.165) is 24.8 Å². The first kappa shape index (κ1) is 23.3. The number of aryl methyl sites for hydroxylation is 1. The molecular weight excluding hydrogens is 442 g/mol. The first-order valence-electron chi connectivity index (χ1n) is 11.3. The molecule has 1 N–H and O–H groups in total. The molecule has 4 rings (SSSR count). The van der Waals surface area contributed by atoms with Crippen LogP contribution in [0.4, 0.5) is 11.4 Å². The highest BCUT2D eigenvalue weighted by atomic mass is 32.2. The maximum absolute atomic E-state index is 12.6. The van der Waals surface area contributed by atoms with E-state index in [-0.39, 0.29) is 18.2 Å². The van der Waals surface area contributed by atoms with E-state index in [2.05, 4.69) is 5.32 Å². The number of methoxy groups -OCH3 is 1. The lowest BCUT2D eigenvalue weighted by Crippen LogP contribution is -2.27. The Morgan fingerprint density at radius 3 is 2.39 bits per heavy atom. The molecular formula is C24H29N3O5S. The van der Waals surface area contributed by atoms with Crippen molar-refractivity contribution < 1.29 is 22.7 Å². The Morgan fingerprint density at radius 1 is 1.03 bits per heavy atom. The molecule has 8 nitrogen and oxygen atoms in total. The summed E-state index contributed by atoms with van der Waals surface area (Å²) in [4.78, 5) is 26.5. The first-order chi connectivity index (χ1) is 15.9. The molecule has 0 unspecified atom stereocenters. The zero-order chi connectivity index (χ0) is 23.4. The second kappa shape index (κ2) is 9.93. The number of hydrogen-bond acceptors (Lipinski definition) is 5. The van der Waals surface area contributed by atoms with Crippen LogP contribution >= 0.6 is 0 Å². The topological polar surface area (TPSA) is 96.0 Å². The van der Waals surface area contributed by atoms with Crippen molar-refractivity contribution in [1.29, 1.82) is 0 Å². The quantitative estimate of drug-likeness (QED) is 0.638. The van der Waals surface area contributed by atoms with Crippen LogP contribution in [0.25, 0.3) is 0 Å². The lowest BCUT2D eigenvalue weighted by atomic mass is 10.1. The lowest BCUT2D eigenvalue weighted by molar-refractivity contribution is -0.117. The molecule has 2 saturated heterocycles. The number of carbonyl (C=O) groups is 2. The fourth-order valence-corrected chi connectivity index (χ4v) is 5.79. The van der Waals surface area contributed by atoms with E-state index in [1.807, 2.05) is 0 Å². The highest BCUT2D eigenvalue weighted by Gasteiger charge is 2.27. The van der Waals surface area contributed by atoms with Crippen molar-refractivity contribution in [3.05, 3.63) is 48.0 Å². The molecule has 0 spiro atoms. The molecule has 2 aromatic rings. The average Bonchev–Trinajstić information content (AvgIpc) is 3.50. The summed E-state index contributed by atoms with van der Waals surface area (Å²) in [7, 11) is -1.89. The molecule has 0 bridgehead atoms. The van der Waals surface area contributed by atoms with Crippen LogP contribution in [0.5, 0.6) is 5.75 Å². The highest BCUT2D eigenvalue weighted by molar-refractivity contribution is 7.89. The van der Waals surface area contributed by atoms with Gasteiger partial charge in [-0.1, -0.05) is 12.1 Å². The fourth-order valence-electron chi connectivity index (χ4n) is 4.27. The van der Waals surface area contributed by atoms with Gasteiger partial charge in [-0.15, -0.1) is 0 Å². The van der Waals surface area contributed by atoms with Gasteiger partial charge in [-0.25, -0.2) is 8.42 Å². The molecule has 33 heavy (non-hydrogen) atoms. The van der Waals surface area contributed by atoms with Gasteiger partial charge < -0.3 is 15.0 Å². The van der Waals surface area contributed by atoms with Crippen molar-refractivity contribution in [3.8, 4) is 5.75 Å². The van der Waals surface area contributed by atoms with Crippen LogP contribution in [0.3, 0.4) is 0 Å². The van der Waals surface area contributed by atoms with Crippen molar-refractivity contribution in [2.45, 2.75) is 43.4 Å². The number of nitrogens with zero attached hydrogens (tertiary/aromatic N) is 2. The Hall–Kier alpha value is -2.91. The molecule has 9 heteroatoms. The molecule has 0 saturated carbocycles. The second-order valence-electron chi connectivity index (χ2n) is 8.34. The highest BCUT2D eigenvalue weighted by Crippen LogP contribution is 2.34. The summed E-state index contributed by atoms with van der Waals surface area (Å²) in [5.41, 5.74) is 2.20. The van der Waals surface area contributed by atoms with Crippen LogP contribution in [0.2, 0.25) is 0 Å². The van der Waals surface area contributed by atoms with Crippen LogP contribution in [0.15, 0.2) is 47.4 Å².